The highest BCUT2D eigenvalue weighted by Gasteiger charge is 2.32. The van der Waals surface area contributed by atoms with E-state index in [0.29, 0.717) is 19.2 Å². The topological polar surface area (TPSA) is 64.5 Å². The lowest BCUT2D eigenvalue weighted by molar-refractivity contribution is 0.0184. The number of nitrogens with zero attached hydrogens (tertiary/aromatic N) is 3. The van der Waals surface area contributed by atoms with Crippen molar-refractivity contribution in [3.05, 3.63) is 18.5 Å². The minimum atomic E-state index is -0.479. The summed E-state index contributed by atoms with van der Waals surface area (Å²) in [5.74, 6) is 0. The second kappa shape index (κ2) is 6.07. The van der Waals surface area contributed by atoms with Crippen LogP contribution in [0.25, 0.3) is 0 Å². The van der Waals surface area contributed by atoms with Crippen LogP contribution < -0.4 is 4.74 Å². The molecule has 1 saturated heterocycles. The largest absolute Gasteiger partial charge is 0.461 e. The standard InChI is InChI=1S/C14H21N3O3/c1-14(2,3)20-13(18)17-9-4-6-11(17)10-19-12-15-7-5-8-16-12/h5,7-8,11H,4,6,9-10H2,1-3H3. The van der Waals surface area contributed by atoms with Crippen LogP contribution in [0, 0.1) is 0 Å². The zero-order chi connectivity index (χ0) is 14.6. The first-order chi connectivity index (χ1) is 9.46. The van der Waals surface area contributed by atoms with Gasteiger partial charge in [0.05, 0.1) is 6.04 Å². The number of rotatable bonds is 3. The van der Waals surface area contributed by atoms with Crippen molar-refractivity contribution in [1.82, 2.24) is 14.9 Å². The van der Waals surface area contributed by atoms with Gasteiger partial charge in [-0.2, -0.15) is 0 Å². The van der Waals surface area contributed by atoms with Gasteiger partial charge >= 0.3 is 12.1 Å². The Morgan fingerprint density at radius 2 is 2.10 bits per heavy atom. The van der Waals surface area contributed by atoms with E-state index in [4.69, 9.17) is 9.47 Å². The van der Waals surface area contributed by atoms with Crippen LogP contribution in [0.5, 0.6) is 6.01 Å². The van der Waals surface area contributed by atoms with Gasteiger partial charge in [-0.1, -0.05) is 0 Å². The molecule has 0 saturated carbocycles. The fourth-order valence-corrected chi connectivity index (χ4v) is 2.10. The highest BCUT2D eigenvalue weighted by atomic mass is 16.6. The molecule has 1 aliphatic rings. The Hall–Kier alpha value is -1.85. The van der Waals surface area contributed by atoms with Crippen molar-refractivity contribution < 1.29 is 14.3 Å². The third kappa shape index (κ3) is 4.08. The Kier molecular flexibility index (Phi) is 4.42. The number of hydrogen-bond acceptors (Lipinski definition) is 5. The molecule has 1 unspecified atom stereocenters. The highest BCUT2D eigenvalue weighted by Crippen LogP contribution is 2.21. The van der Waals surface area contributed by atoms with Crippen LogP contribution in [-0.2, 0) is 4.74 Å². The molecule has 2 heterocycles. The van der Waals surface area contributed by atoms with E-state index >= 15 is 0 Å². The summed E-state index contributed by atoms with van der Waals surface area (Å²) in [5, 5.41) is 0. The summed E-state index contributed by atoms with van der Waals surface area (Å²) in [7, 11) is 0. The lowest BCUT2D eigenvalue weighted by atomic mass is 10.2. The third-order valence-corrected chi connectivity index (χ3v) is 2.95. The first kappa shape index (κ1) is 14.6. The molecule has 1 aromatic rings. The molecular weight excluding hydrogens is 258 g/mol. The second-order valence-corrected chi connectivity index (χ2v) is 5.81. The number of hydrogen-bond donors (Lipinski definition) is 0. The van der Waals surface area contributed by atoms with Crippen molar-refractivity contribution in [2.75, 3.05) is 13.2 Å². The van der Waals surface area contributed by atoms with Crippen LogP contribution in [0.2, 0.25) is 0 Å². The summed E-state index contributed by atoms with van der Waals surface area (Å²) in [6.07, 6.45) is 4.85. The SMILES string of the molecule is CC(C)(C)OC(=O)N1CCCC1COc1ncccn1. The summed E-state index contributed by atoms with van der Waals surface area (Å²) in [4.78, 5) is 21.8. The maximum Gasteiger partial charge on any atom is 0.410 e. The molecule has 0 aliphatic carbocycles. The van der Waals surface area contributed by atoms with Gasteiger partial charge in [-0.3, -0.25) is 0 Å². The van der Waals surface area contributed by atoms with Gasteiger partial charge in [0.1, 0.15) is 12.2 Å². The number of ether oxygens (including phenoxy) is 2. The molecule has 1 atom stereocenters. The van der Waals surface area contributed by atoms with Crippen molar-refractivity contribution in [3.63, 3.8) is 0 Å². The number of carbonyl (C=O) groups is 1. The third-order valence-electron chi connectivity index (χ3n) is 2.95. The summed E-state index contributed by atoms with van der Waals surface area (Å²) in [6, 6.07) is 2.09. The first-order valence-electron chi connectivity index (χ1n) is 6.85. The molecule has 0 aromatic carbocycles. The van der Waals surface area contributed by atoms with Crippen molar-refractivity contribution in [3.8, 4) is 6.01 Å². The van der Waals surface area contributed by atoms with Gasteiger partial charge in [0.25, 0.3) is 0 Å². The maximum absolute atomic E-state index is 12.1. The molecule has 0 radical (unpaired) electrons. The molecule has 1 amide bonds. The molecule has 0 bridgehead atoms. The number of carbonyl (C=O) groups excluding carboxylic acids is 1. The Morgan fingerprint density at radius 1 is 1.40 bits per heavy atom. The van der Waals surface area contributed by atoms with Gasteiger partial charge < -0.3 is 14.4 Å². The van der Waals surface area contributed by atoms with E-state index in [2.05, 4.69) is 9.97 Å². The quantitative estimate of drug-likeness (QED) is 0.849. The predicted molar refractivity (Wildman–Crippen MR) is 73.5 cm³/mol. The average molecular weight is 279 g/mol. The van der Waals surface area contributed by atoms with E-state index in [0.717, 1.165) is 12.8 Å². The van der Waals surface area contributed by atoms with E-state index in [9.17, 15) is 4.79 Å². The first-order valence-corrected chi connectivity index (χ1v) is 6.85. The lowest BCUT2D eigenvalue weighted by Crippen LogP contribution is -2.42. The Balaban J connectivity index is 1.89. The lowest BCUT2D eigenvalue weighted by Gasteiger charge is -2.28. The average Bonchev–Trinajstić information content (AvgIpc) is 2.84. The fraction of sp³-hybridized carbons (Fsp3) is 0.643. The van der Waals surface area contributed by atoms with Gasteiger partial charge in [-0.25, -0.2) is 14.8 Å². The van der Waals surface area contributed by atoms with E-state index < -0.39 is 5.60 Å². The van der Waals surface area contributed by atoms with E-state index in [1.54, 1.807) is 23.4 Å². The minimum absolute atomic E-state index is 0.0219. The zero-order valence-corrected chi connectivity index (χ0v) is 12.2. The van der Waals surface area contributed by atoms with Crippen molar-refractivity contribution in [1.29, 1.82) is 0 Å². The number of likely N-dealkylation sites (tertiary alicyclic amines) is 1. The Bertz CT molecular complexity index is 445. The summed E-state index contributed by atoms with van der Waals surface area (Å²) >= 11 is 0. The smallest absolute Gasteiger partial charge is 0.410 e. The van der Waals surface area contributed by atoms with Crippen LogP contribution in [-0.4, -0.2) is 45.8 Å². The van der Waals surface area contributed by atoms with Crippen molar-refractivity contribution in [2.24, 2.45) is 0 Å². The van der Waals surface area contributed by atoms with Crippen molar-refractivity contribution >= 4 is 6.09 Å². The van der Waals surface area contributed by atoms with E-state index in [1.807, 2.05) is 20.8 Å². The van der Waals surface area contributed by atoms with Gasteiger partial charge in [0.15, 0.2) is 0 Å². The number of amides is 1. The molecule has 20 heavy (non-hydrogen) atoms. The highest BCUT2D eigenvalue weighted by molar-refractivity contribution is 5.68. The van der Waals surface area contributed by atoms with E-state index in [-0.39, 0.29) is 12.1 Å². The molecule has 0 N–H and O–H groups in total. The van der Waals surface area contributed by atoms with Gasteiger partial charge in [-0.15, -0.1) is 0 Å². The van der Waals surface area contributed by atoms with Crippen molar-refractivity contribution in [2.45, 2.75) is 45.3 Å². The Morgan fingerprint density at radius 3 is 2.75 bits per heavy atom. The van der Waals surface area contributed by atoms with Crippen LogP contribution >= 0.6 is 0 Å². The molecule has 6 nitrogen and oxygen atoms in total. The molecule has 1 aliphatic heterocycles. The van der Waals surface area contributed by atoms with Gasteiger partial charge in [-0.05, 0) is 39.7 Å². The summed E-state index contributed by atoms with van der Waals surface area (Å²) in [6.45, 7) is 6.70. The molecule has 6 heteroatoms. The monoisotopic (exact) mass is 279 g/mol. The van der Waals surface area contributed by atoms with Gasteiger partial charge in [0.2, 0.25) is 0 Å². The van der Waals surface area contributed by atoms with E-state index in [1.165, 1.54) is 0 Å². The molecule has 1 aromatic heterocycles. The zero-order valence-electron chi connectivity index (χ0n) is 12.2. The van der Waals surface area contributed by atoms with Crippen LogP contribution in [0.4, 0.5) is 4.79 Å². The summed E-state index contributed by atoms with van der Waals surface area (Å²) < 4.78 is 10.9. The van der Waals surface area contributed by atoms with Crippen LogP contribution in [0.1, 0.15) is 33.6 Å². The second-order valence-electron chi connectivity index (χ2n) is 5.81. The minimum Gasteiger partial charge on any atom is -0.461 e. The predicted octanol–water partition coefficient (Wildman–Crippen LogP) is 2.25. The maximum atomic E-state index is 12.1. The summed E-state index contributed by atoms with van der Waals surface area (Å²) in [5.41, 5.74) is -0.479. The normalized spacial score (nSPS) is 18.9. The van der Waals surface area contributed by atoms with Gasteiger partial charge in [0, 0.05) is 18.9 Å². The number of aromatic nitrogens is 2. The fourth-order valence-electron chi connectivity index (χ4n) is 2.10. The molecule has 110 valence electrons. The van der Waals surface area contributed by atoms with Crippen LogP contribution in [0.15, 0.2) is 18.5 Å². The molecular formula is C14H21N3O3. The molecule has 0 spiro atoms. The Labute approximate surface area is 119 Å². The van der Waals surface area contributed by atoms with Crippen LogP contribution in [0.3, 0.4) is 0 Å². The molecule has 1 fully saturated rings. The molecule has 2 rings (SSSR count).